The van der Waals surface area contributed by atoms with Crippen molar-refractivity contribution in [2.24, 2.45) is 5.10 Å². The van der Waals surface area contributed by atoms with Gasteiger partial charge in [0.05, 0.1) is 12.0 Å². The van der Waals surface area contributed by atoms with E-state index in [9.17, 15) is 4.79 Å². The Morgan fingerprint density at radius 1 is 1.26 bits per heavy atom. The zero-order valence-electron chi connectivity index (χ0n) is 12.7. The van der Waals surface area contributed by atoms with Crippen molar-refractivity contribution in [1.82, 2.24) is 5.43 Å². The number of rotatable bonds is 7. The van der Waals surface area contributed by atoms with Crippen LogP contribution in [0.25, 0.3) is 0 Å². The van der Waals surface area contributed by atoms with Crippen molar-refractivity contribution in [3.8, 4) is 0 Å². The first-order chi connectivity index (χ1) is 11.2. The molecule has 2 rings (SSSR count). The van der Waals surface area contributed by atoms with Crippen LogP contribution in [-0.2, 0) is 10.5 Å². The summed E-state index contributed by atoms with van der Waals surface area (Å²) in [6, 6.07) is 16.1. The van der Waals surface area contributed by atoms with Crippen molar-refractivity contribution in [2.45, 2.75) is 10.6 Å². The highest BCUT2D eigenvalue weighted by molar-refractivity contribution is 9.10. The number of hydrogen-bond acceptors (Lipinski definition) is 4. The third-order valence-electron chi connectivity index (χ3n) is 2.91. The summed E-state index contributed by atoms with van der Waals surface area (Å²) in [6.45, 7) is 0. The van der Waals surface area contributed by atoms with Crippen LogP contribution in [0.15, 0.2) is 63.0 Å². The predicted octanol–water partition coefficient (Wildman–Crippen LogP) is 4.55. The van der Waals surface area contributed by atoms with Gasteiger partial charge in [-0.25, -0.2) is 5.43 Å². The number of amides is 1. The molecule has 0 unspecified atom stereocenters. The van der Waals surface area contributed by atoms with Gasteiger partial charge in [0, 0.05) is 15.1 Å². The molecule has 2 aromatic rings. The molecule has 2 aromatic carbocycles. The second-order valence-corrected chi connectivity index (χ2v) is 7.47. The molecule has 0 atom stereocenters. The van der Waals surface area contributed by atoms with E-state index in [1.807, 2.05) is 48.7 Å². The molecule has 0 radical (unpaired) electrons. The summed E-state index contributed by atoms with van der Waals surface area (Å²) in [5.41, 5.74) is 4.70. The van der Waals surface area contributed by atoms with E-state index in [2.05, 4.69) is 32.5 Å². The summed E-state index contributed by atoms with van der Waals surface area (Å²) in [5, 5.41) is 3.98. The zero-order valence-corrected chi connectivity index (χ0v) is 15.9. The summed E-state index contributed by atoms with van der Waals surface area (Å²) in [6.07, 6.45) is 3.69. The maximum Gasteiger partial charge on any atom is 0.250 e. The van der Waals surface area contributed by atoms with Crippen LogP contribution in [-0.4, -0.2) is 24.1 Å². The lowest BCUT2D eigenvalue weighted by molar-refractivity contribution is -0.118. The van der Waals surface area contributed by atoms with Crippen LogP contribution in [0.1, 0.15) is 11.1 Å². The van der Waals surface area contributed by atoms with Gasteiger partial charge in [0.2, 0.25) is 5.91 Å². The maximum absolute atomic E-state index is 11.7. The highest BCUT2D eigenvalue weighted by atomic mass is 79.9. The second-order valence-electron chi connectivity index (χ2n) is 4.69. The molecule has 0 aromatic heterocycles. The molecule has 1 N–H and O–H groups in total. The SMILES string of the molecule is CSc1ccc(/C=N/NC(=O)CSCc2cccc(Br)c2)cc1. The number of nitrogens with zero attached hydrogens (tertiary/aromatic N) is 1. The van der Waals surface area contributed by atoms with Crippen molar-refractivity contribution in [2.75, 3.05) is 12.0 Å². The van der Waals surface area contributed by atoms with E-state index in [-0.39, 0.29) is 5.91 Å². The van der Waals surface area contributed by atoms with Gasteiger partial charge in [0.15, 0.2) is 0 Å². The van der Waals surface area contributed by atoms with E-state index < -0.39 is 0 Å². The Morgan fingerprint density at radius 2 is 2.04 bits per heavy atom. The van der Waals surface area contributed by atoms with Crippen LogP contribution < -0.4 is 5.43 Å². The number of carbonyl (C=O) groups excluding carboxylic acids is 1. The van der Waals surface area contributed by atoms with Crippen LogP contribution in [0.3, 0.4) is 0 Å². The minimum Gasteiger partial charge on any atom is -0.272 e. The zero-order chi connectivity index (χ0) is 16.5. The molecule has 0 saturated carbocycles. The summed E-state index contributed by atoms with van der Waals surface area (Å²) < 4.78 is 1.05. The van der Waals surface area contributed by atoms with E-state index in [0.29, 0.717) is 5.75 Å². The summed E-state index contributed by atoms with van der Waals surface area (Å²) >= 11 is 6.70. The van der Waals surface area contributed by atoms with Crippen LogP contribution in [0.4, 0.5) is 0 Å². The van der Waals surface area contributed by atoms with E-state index in [1.54, 1.807) is 29.7 Å². The van der Waals surface area contributed by atoms with Crippen LogP contribution in [0.5, 0.6) is 0 Å². The van der Waals surface area contributed by atoms with Crippen molar-refractivity contribution in [3.05, 3.63) is 64.1 Å². The van der Waals surface area contributed by atoms with E-state index in [0.717, 1.165) is 15.8 Å². The summed E-state index contributed by atoms with van der Waals surface area (Å²) in [4.78, 5) is 12.9. The largest absolute Gasteiger partial charge is 0.272 e. The molecule has 1 amide bonds. The maximum atomic E-state index is 11.7. The molecule has 0 heterocycles. The van der Waals surface area contributed by atoms with Gasteiger partial charge >= 0.3 is 0 Å². The highest BCUT2D eigenvalue weighted by Gasteiger charge is 2.01. The number of benzene rings is 2. The minimum atomic E-state index is -0.0954. The number of hydrogen-bond donors (Lipinski definition) is 1. The normalized spacial score (nSPS) is 10.9. The van der Waals surface area contributed by atoms with Crippen molar-refractivity contribution in [3.63, 3.8) is 0 Å². The molecule has 0 aliphatic rings. The number of thioether (sulfide) groups is 2. The molecule has 120 valence electrons. The summed E-state index contributed by atoms with van der Waals surface area (Å²) in [7, 11) is 0. The minimum absolute atomic E-state index is 0.0954. The average Bonchev–Trinajstić information content (AvgIpc) is 2.55. The molecular weight excluding hydrogens is 392 g/mol. The van der Waals surface area contributed by atoms with E-state index in [4.69, 9.17) is 0 Å². The fourth-order valence-electron chi connectivity index (χ4n) is 1.79. The first-order valence-electron chi connectivity index (χ1n) is 6.95. The van der Waals surface area contributed by atoms with Gasteiger partial charge in [-0.1, -0.05) is 40.2 Å². The molecule has 23 heavy (non-hydrogen) atoms. The molecule has 0 aliphatic heterocycles. The number of nitrogens with one attached hydrogen (secondary N) is 1. The van der Waals surface area contributed by atoms with Gasteiger partial charge in [-0.15, -0.1) is 23.5 Å². The van der Waals surface area contributed by atoms with Crippen LogP contribution >= 0.6 is 39.5 Å². The lowest BCUT2D eigenvalue weighted by atomic mass is 10.2. The highest BCUT2D eigenvalue weighted by Crippen LogP contribution is 2.17. The Labute approximate surface area is 153 Å². The molecular formula is C17H17BrN2OS2. The van der Waals surface area contributed by atoms with Gasteiger partial charge in [-0.3, -0.25) is 4.79 Å². The van der Waals surface area contributed by atoms with E-state index >= 15 is 0 Å². The lowest BCUT2D eigenvalue weighted by Gasteiger charge is -2.02. The molecule has 6 heteroatoms. The second kappa shape index (κ2) is 9.80. The van der Waals surface area contributed by atoms with Gasteiger partial charge in [0.25, 0.3) is 0 Å². The fraction of sp³-hybridized carbons (Fsp3) is 0.176. The lowest BCUT2D eigenvalue weighted by Crippen LogP contribution is -2.19. The standard InChI is InChI=1S/C17H17BrN2OS2/c1-22-16-7-5-13(6-8-16)10-19-20-17(21)12-23-11-14-3-2-4-15(18)9-14/h2-10H,11-12H2,1H3,(H,20,21)/b19-10+. The molecule has 0 spiro atoms. The quantitative estimate of drug-likeness (QED) is 0.414. The van der Waals surface area contributed by atoms with Gasteiger partial charge in [-0.2, -0.15) is 5.10 Å². The number of hydrazone groups is 1. The van der Waals surface area contributed by atoms with Gasteiger partial charge in [-0.05, 0) is 41.6 Å². The first-order valence-corrected chi connectivity index (χ1v) is 10.1. The van der Waals surface area contributed by atoms with Crippen LogP contribution in [0, 0.1) is 0 Å². The monoisotopic (exact) mass is 408 g/mol. The molecule has 3 nitrogen and oxygen atoms in total. The number of halogens is 1. The van der Waals surface area contributed by atoms with Crippen molar-refractivity contribution >= 4 is 51.6 Å². The Balaban J connectivity index is 1.71. The third-order valence-corrected chi connectivity index (χ3v) is 5.15. The Morgan fingerprint density at radius 3 is 2.74 bits per heavy atom. The molecule has 0 bridgehead atoms. The van der Waals surface area contributed by atoms with Gasteiger partial charge < -0.3 is 0 Å². The Bertz CT molecular complexity index is 675. The molecule has 0 aliphatic carbocycles. The predicted molar refractivity (Wildman–Crippen MR) is 104 cm³/mol. The van der Waals surface area contributed by atoms with Gasteiger partial charge in [0.1, 0.15) is 0 Å². The van der Waals surface area contributed by atoms with Crippen molar-refractivity contribution in [1.29, 1.82) is 0 Å². The fourth-order valence-corrected chi connectivity index (χ4v) is 3.41. The van der Waals surface area contributed by atoms with E-state index in [1.165, 1.54) is 10.5 Å². The Hall–Kier alpha value is -1.24. The van der Waals surface area contributed by atoms with Crippen molar-refractivity contribution < 1.29 is 4.79 Å². The third kappa shape index (κ3) is 6.81. The summed E-state index contributed by atoms with van der Waals surface area (Å²) in [5.74, 6) is 1.09. The topological polar surface area (TPSA) is 41.5 Å². The first kappa shape index (κ1) is 18.1. The van der Waals surface area contributed by atoms with Crippen LogP contribution in [0.2, 0.25) is 0 Å². The molecule has 0 fully saturated rings. The average molecular weight is 409 g/mol. The number of carbonyl (C=O) groups is 1. The molecule has 0 saturated heterocycles. The smallest absolute Gasteiger partial charge is 0.250 e. The Kier molecular flexibility index (Phi) is 7.71.